The quantitative estimate of drug-likeness (QED) is 0.439. The Morgan fingerprint density at radius 1 is 1.36 bits per heavy atom. The van der Waals surface area contributed by atoms with E-state index >= 15 is 0 Å². The summed E-state index contributed by atoms with van der Waals surface area (Å²) in [4.78, 5) is 27.0. The van der Waals surface area contributed by atoms with Crippen LogP contribution in [0.3, 0.4) is 0 Å². The van der Waals surface area contributed by atoms with Crippen LogP contribution < -0.4 is 5.56 Å². The Bertz CT molecular complexity index is 1090. The second-order valence-electron chi connectivity index (χ2n) is 5.16. The van der Waals surface area contributed by atoms with Crippen molar-refractivity contribution in [3.05, 3.63) is 73.3 Å². The van der Waals surface area contributed by atoms with Crippen LogP contribution in [0.15, 0.2) is 46.3 Å². The standard InChI is InChI=1S/C16H11ClN4O4/c1-9-19-13-5-3-2-4-12(13)16(23)20(9)18-8-10-6-11(17)7-14(15(10)22)21(24)25/h2-8,22H,1H3/b18-8+. The van der Waals surface area contributed by atoms with Gasteiger partial charge in [0.15, 0.2) is 0 Å². The van der Waals surface area contributed by atoms with E-state index in [1.165, 1.54) is 6.07 Å². The normalized spacial score (nSPS) is 11.3. The molecule has 2 aromatic carbocycles. The van der Waals surface area contributed by atoms with E-state index in [1.54, 1.807) is 31.2 Å². The zero-order valence-electron chi connectivity index (χ0n) is 12.9. The van der Waals surface area contributed by atoms with Crippen LogP contribution in [0.4, 0.5) is 5.69 Å². The minimum atomic E-state index is -0.756. The van der Waals surface area contributed by atoms with Crippen molar-refractivity contribution in [1.82, 2.24) is 9.66 Å². The molecule has 0 saturated carbocycles. The average Bonchev–Trinajstić information content (AvgIpc) is 2.57. The van der Waals surface area contributed by atoms with Crippen LogP contribution in [0.2, 0.25) is 5.02 Å². The molecule has 0 amide bonds. The molecule has 3 aromatic rings. The summed E-state index contributed by atoms with van der Waals surface area (Å²) in [6.45, 7) is 1.60. The van der Waals surface area contributed by atoms with Gasteiger partial charge >= 0.3 is 5.69 Å². The highest BCUT2D eigenvalue weighted by molar-refractivity contribution is 6.31. The lowest BCUT2D eigenvalue weighted by Crippen LogP contribution is -2.20. The summed E-state index contributed by atoms with van der Waals surface area (Å²) in [5.41, 5.74) is -0.388. The summed E-state index contributed by atoms with van der Waals surface area (Å²) in [6.07, 6.45) is 1.12. The molecular formula is C16H11ClN4O4. The van der Waals surface area contributed by atoms with Gasteiger partial charge in [-0.3, -0.25) is 14.9 Å². The fourth-order valence-electron chi connectivity index (χ4n) is 2.33. The smallest absolute Gasteiger partial charge is 0.312 e. The molecule has 9 heteroatoms. The molecule has 0 saturated heterocycles. The number of phenolic OH excluding ortho intramolecular Hbond substituents is 1. The third-order valence-electron chi connectivity index (χ3n) is 3.51. The van der Waals surface area contributed by atoms with Crippen molar-refractivity contribution < 1.29 is 10.0 Å². The second-order valence-corrected chi connectivity index (χ2v) is 5.59. The summed E-state index contributed by atoms with van der Waals surface area (Å²) in [7, 11) is 0. The molecule has 1 aromatic heterocycles. The Balaban J connectivity index is 2.14. The highest BCUT2D eigenvalue weighted by Crippen LogP contribution is 2.32. The first-order valence-corrected chi connectivity index (χ1v) is 7.46. The van der Waals surface area contributed by atoms with E-state index in [-0.39, 0.29) is 10.6 Å². The van der Waals surface area contributed by atoms with E-state index < -0.39 is 21.9 Å². The Morgan fingerprint density at radius 2 is 2.08 bits per heavy atom. The highest BCUT2D eigenvalue weighted by Gasteiger charge is 2.18. The molecule has 0 fully saturated rings. The molecule has 8 nitrogen and oxygen atoms in total. The van der Waals surface area contributed by atoms with Gasteiger partial charge in [0, 0.05) is 16.7 Å². The summed E-state index contributed by atoms with van der Waals surface area (Å²) in [5.74, 6) is -0.256. The van der Waals surface area contributed by atoms with Crippen molar-refractivity contribution in [3.8, 4) is 5.75 Å². The summed E-state index contributed by atoms with van der Waals surface area (Å²) in [6, 6.07) is 9.15. The van der Waals surface area contributed by atoms with Crippen molar-refractivity contribution in [2.45, 2.75) is 6.92 Å². The number of nitrogens with zero attached hydrogens (tertiary/aromatic N) is 4. The zero-order chi connectivity index (χ0) is 18.1. The number of phenols is 1. The van der Waals surface area contributed by atoms with Crippen LogP contribution >= 0.6 is 11.6 Å². The van der Waals surface area contributed by atoms with E-state index in [1.807, 2.05) is 0 Å². The van der Waals surface area contributed by atoms with E-state index in [4.69, 9.17) is 11.6 Å². The maximum atomic E-state index is 12.5. The van der Waals surface area contributed by atoms with Gasteiger partial charge in [0.1, 0.15) is 5.82 Å². The van der Waals surface area contributed by atoms with Crippen LogP contribution in [0.5, 0.6) is 5.75 Å². The molecular weight excluding hydrogens is 348 g/mol. The average molecular weight is 359 g/mol. The summed E-state index contributed by atoms with van der Waals surface area (Å²) < 4.78 is 1.05. The number of nitro groups is 1. The molecule has 1 N–H and O–H groups in total. The fraction of sp³-hybridized carbons (Fsp3) is 0.0625. The van der Waals surface area contributed by atoms with Gasteiger partial charge in [-0.25, -0.2) is 4.98 Å². The Labute approximate surface area is 145 Å². The van der Waals surface area contributed by atoms with Gasteiger partial charge in [0.05, 0.1) is 22.0 Å². The van der Waals surface area contributed by atoms with Gasteiger partial charge in [0.2, 0.25) is 5.75 Å². The number of aryl methyl sites for hydroxylation is 1. The van der Waals surface area contributed by atoms with Gasteiger partial charge in [-0.15, -0.1) is 0 Å². The van der Waals surface area contributed by atoms with E-state index in [9.17, 15) is 20.0 Å². The number of hydrogen-bond donors (Lipinski definition) is 1. The number of aromatic nitrogens is 2. The number of para-hydroxylation sites is 1. The first kappa shape index (κ1) is 16.6. The number of hydrogen-bond acceptors (Lipinski definition) is 6. The summed E-state index contributed by atoms with van der Waals surface area (Å²) >= 11 is 5.83. The molecule has 0 spiro atoms. The van der Waals surface area contributed by atoms with Crippen molar-refractivity contribution in [1.29, 1.82) is 0 Å². The van der Waals surface area contributed by atoms with Crippen molar-refractivity contribution in [2.24, 2.45) is 5.10 Å². The molecule has 0 radical (unpaired) electrons. The molecule has 0 aliphatic heterocycles. The Morgan fingerprint density at radius 3 is 2.80 bits per heavy atom. The number of rotatable bonds is 3. The SMILES string of the molecule is Cc1nc2ccccc2c(=O)n1/N=C/c1cc(Cl)cc([N+](=O)[O-])c1O. The van der Waals surface area contributed by atoms with E-state index in [0.717, 1.165) is 17.0 Å². The molecule has 0 aliphatic carbocycles. The monoisotopic (exact) mass is 358 g/mol. The number of aromatic hydroxyl groups is 1. The first-order valence-electron chi connectivity index (χ1n) is 7.08. The van der Waals surface area contributed by atoms with E-state index in [0.29, 0.717) is 16.7 Å². The molecule has 1 heterocycles. The van der Waals surface area contributed by atoms with Gasteiger partial charge in [-0.1, -0.05) is 23.7 Å². The molecule has 3 rings (SSSR count). The van der Waals surface area contributed by atoms with E-state index in [2.05, 4.69) is 10.1 Å². The fourth-order valence-corrected chi connectivity index (χ4v) is 2.55. The predicted molar refractivity (Wildman–Crippen MR) is 93.5 cm³/mol. The van der Waals surface area contributed by atoms with Crippen molar-refractivity contribution in [2.75, 3.05) is 0 Å². The third kappa shape index (κ3) is 3.07. The van der Waals surface area contributed by atoms with Crippen molar-refractivity contribution >= 4 is 34.4 Å². The lowest BCUT2D eigenvalue weighted by molar-refractivity contribution is -0.385. The Hall–Kier alpha value is -3.26. The summed E-state index contributed by atoms with van der Waals surface area (Å²) in [5, 5.41) is 25.4. The zero-order valence-corrected chi connectivity index (χ0v) is 13.6. The minimum Gasteiger partial charge on any atom is -0.502 e. The second kappa shape index (κ2) is 6.33. The van der Waals surface area contributed by atoms with Gasteiger partial charge in [-0.2, -0.15) is 9.78 Å². The largest absolute Gasteiger partial charge is 0.502 e. The maximum absolute atomic E-state index is 12.5. The molecule has 0 atom stereocenters. The molecule has 0 bridgehead atoms. The first-order chi connectivity index (χ1) is 11.9. The highest BCUT2D eigenvalue weighted by atomic mass is 35.5. The maximum Gasteiger partial charge on any atom is 0.312 e. The number of halogens is 1. The number of benzene rings is 2. The molecule has 0 aliphatic rings. The number of fused-ring (bicyclic) bond motifs is 1. The van der Waals surface area contributed by atoms with Crippen LogP contribution in [0.25, 0.3) is 10.9 Å². The Kier molecular flexibility index (Phi) is 4.20. The molecule has 126 valence electrons. The van der Waals surface area contributed by atoms with Crippen molar-refractivity contribution in [3.63, 3.8) is 0 Å². The predicted octanol–water partition coefficient (Wildman–Crippen LogP) is 2.85. The molecule has 0 unspecified atom stereocenters. The lowest BCUT2D eigenvalue weighted by atomic mass is 10.2. The number of nitro benzene ring substituents is 1. The van der Waals surface area contributed by atoms with Crippen LogP contribution in [0.1, 0.15) is 11.4 Å². The van der Waals surface area contributed by atoms with Gasteiger partial charge in [-0.05, 0) is 25.1 Å². The van der Waals surface area contributed by atoms with Crippen LogP contribution in [-0.2, 0) is 0 Å². The van der Waals surface area contributed by atoms with Crippen LogP contribution in [0, 0.1) is 17.0 Å². The lowest BCUT2D eigenvalue weighted by Gasteiger charge is -2.06. The third-order valence-corrected chi connectivity index (χ3v) is 3.73. The topological polar surface area (TPSA) is 111 Å². The minimum absolute atomic E-state index is 0.0126. The van der Waals surface area contributed by atoms with Gasteiger partial charge in [0.25, 0.3) is 5.56 Å². The van der Waals surface area contributed by atoms with Gasteiger partial charge < -0.3 is 5.11 Å². The van der Waals surface area contributed by atoms with Crippen LogP contribution in [-0.4, -0.2) is 25.9 Å². The molecule has 25 heavy (non-hydrogen) atoms.